The summed E-state index contributed by atoms with van der Waals surface area (Å²) in [5.74, 6) is -0.0503. The smallest absolute Gasteiger partial charge is 0.243 e. The highest BCUT2D eigenvalue weighted by atomic mass is 32.2. The maximum Gasteiger partial charge on any atom is 0.243 e. The van der Waals surface area contributed by atoms with Crippen LogP contribution in [0.1, 0.15) is 36.9 Å². The monoisotopic (exact) mass is 387 g/mol. The van der Waals surface area contributed by atoms with Gasteiger partial charge in [-0.05, 0) is 49.1 Å². The normalized spacial score (nSPS) is 15.4. The van der Waals surface area contributed by atoms with E-state index in [-0.39, 0.29) is 5.91 Å². The van der Waals surface area contributed by atoms with Crippen LogP contribution in [0.5, 0.6) is 0 Å². The Morgan fingerprint density at radius 3 is 2.44 bits per heavy atom. The van der Waals surface area contributed by atoms with Crippen molar-refractivity contribution in [1.29, 1.82) is 0 Å². The minimum atomic E-state index is -3.40. The summed E-state index contributed by atoms with van der Waals surface area (Å²) < 4.78 is 26.8. The van der Waals surface area contributed by atoms with Crippen molar-refractivity contribution in [1.82, 2.24) is 14.6 Å². The van der Waals surface area contributed by atoms with Crippen LogP contribution in [-0.2, 0) is 27.8 Å². The Labute approximate surface area is 160 Å². The van der Waals surface area contributed by atoms with Crippen LogP contribution in [0, 0.1) is 0 Å². The maximum atomic E-state index is 12.6. The van der Waals surface area contributed by atoms with E-state index >= 15 is 0 Å². The predicted octanol–water partition coefficient (Wildman–Crippen LogP) is 2.51. The summed E-state index contributed by atoms with van der Waals surface area (Å²) in [4.78, 5) is 16.5. The first-order valence-electron chi connectivity index (χ1n) is 9.31. The lowest BCUT2D eigenvalue weighted by atomic mass is 10.1. The van der Waals surface area contributed by atoms with Crippen molar-refractivity contribution in [3.05, 3.63) is 59.9 Å². The number of carbonyl (C=O) groups excluding carboxylic acids is 1. The minimum absolute atomic E-state index is 0.0503. The number of nitrogens with one attached hydrogen (secondary N) is 1. The van der Waals surface area contributed by atoms with E-state index in [9.17, 15) is 13.2 Å². The molecule has 6 nitrogen and oxygen atoms in total. The van der Waals surface area contributed by atoms with E-state index in [2.05, 4.69) is 10.3 Å². The molecule has 3 rings (SSSR count). The van der Waals surface area contributed by atoms with Gasteiger partial charge < -0.3 is 5.32 Å². The van der Waals surface area contributed by atoms with E-state index in [1.54, 1.807) is 34.8 Å². The second kappa shape index (κ2) is 9.10. The Bertz CT molecular complexity index is 846. The summed E-state index contributed by atoms with van der Waals surface area (Å²) >= 11 is 0. The van der Waals surface area contributed by atoms with Gasteiger partial charge in [0.2, 0.25) is 15.9 Å². The van der Waals surface area contributed by atoms with Gasteiger partial charge in [-0.15, -0.1) is 0 Å². The lowest BCUT2D eigenvalue weighted by molar-refractivity contribution is -0.121. The number of aromatic nitrogens is 1. The molecule has 0 bridgehead atoms. The molecule has 1 saturated heterocycles. The molecule has 27 heavy (non-hydrogen) atoms. The zero-order valence-electron chi connectivity index (χ0n) is 15.3. The highest BCUT2D eigenvalue weighted by Gasteiger charge is 2.25. The third-order valence-corrected chi connectivity index (χ3v) is 6.62. The van der Waals surface area contributed by atoms with E-state index in [0.717, 1.165) is 30.5 Å². The molecule has 1 N–H and O–H groups in total. The summed E-state index contributed by atoms with van der Waals surface area (Å²) in [6.07, 6.45) is 5.55. The fourth-order valence-corrected chi connectivity index (χ4v) is 4.64. The molecule has 0 spiro atoms. The predicted molar refractivity (Wildman–Crippen MR) is 103 cm³/mol. The van der Waals surface area contributed by atoms with Crippen molar-refractivity contribution in [2.75, 3.05) is 13.1 Å². The zero-order valence-corrected chi connectivity index (χ0v) is 16.1. The Morgan fingerprint density at radius 1 is 1.04 bits per heavy atom. The lowest BCUT2D eigenvalue weighted by Gasteiger charge is -2.25. The zero-order chi connectivity index (χ0) is 19.1. The molecule has 1 amide bonds. The van der Waals surface area contributed by atoms with E-state index in [4.69, 9.17) is 0 Å². The fraction of sp³-hybridized carbons (Fsp3) is 0.400. The SMILES string of the molecule is O=C(CCc1ccc(S(=O)(=O)N2CCCCC2)cc1)NCc1ccccn1. The molecule has 1 aromatic carbocycles. The average Bonchev–Trinajstić information content (AvgIpc) is 2.72. The molecule has 0 aliphatic carbocycles. The highest BCUT2D eigenvalue weighted by Crippen LogP contribution is 2.21. The van der Waals surface area contributed by atoms with Crippen LogP contribution in [0.25, 0.3) is 0 Å². The van der Waals surface area contributed by atoms with Gasteiger partial charge in [0.25, 0.3) is 0 Å². The number of piperidine rings is 1. The Kier molecular flexibility index (Phi) is 6.58. The lowest BCUT2D eigenvalue weighted by Crippen LogP contribution is -2.35. The highest BCUT2D eigenvalue weighted by molar-refractivity contribution is 7.89. The molecular weight excluding hydrogens is 362 g/mol. The quantitative estimate of drug-likeness (QED) is 0.792. The van der Waals surface area contributed by atoms with Gasteiger partial charge in [-0.3, -0.25) is 9.78 Å². The van der Waals surface area contributed by atoms with E-state index < -0.39 is 10.0 Å². The van der Waals surface area contributed by atoms with Crippen molar-refractivity contribution in [2.45, 2.75) is 43.5 Å². The number of hydrogen-bond donors (Lipinski definition) is 1. The first-order valence-corrected chi connectivity index (χ1v) is 10.8. The van der Waals surface area contributed by atoms with Gasteiger partial charge in [-0.2, -0.15) is 4.31 Å². The summed E-state index contributed by atoms with van der Waals surface area (Å²) in [6.45, 7) is 1.60. The van der Waals surface area contributed by atoms with Crippen molar-refractivity contribution in [3.63, 3.8) is 0 Å². The molecule has 2 aromatic rings. The third kappa shape index (κ3) is 5.37. The van der Waals surface area contributed by atoms with Crippen LogP contribution in [0.15, 0.2) is 53.6 Å². The number of aryl methyl sites for hydroxylation is 1. The molecule has 144 valence electrons. The minimum Gasteiger partial charge on any atom is -0.350 e. The van der Waals surface area contributed by atoms with Gasteiger partial charge in [-0.25, -0.2) is 8.42 Å². The number of hydrogen-bond acceptors (Lipinski definition) is 4. The molecule has 1 aliphatic heterocycles. The van der Waals surface area contributed by atoms with Gasteiger partial charge in [0.15, 0.2) is 0 Å². The van der Waals surface area contributed by atoms with E-state index in [1.807, 2.05) is 18.2 Å². The summed E-state index contributed by atoms with van der Waals surface area (Å²) in [7, 11) is -3.40. The summed E-state index contributed by atoms with van der Waals surface area (Å²) in [6, 6.07) is 12.5. The molecule has 2 heterocycles. The number of carbonyl (C=O) groups is 1. The van der Waals surface area contributed by atoms with Gasteiger partial charge in [-0.1, -0.05) is 24.6 Å². The van der Waals surface area contributed by atoms with Crippen LogP contribution in [0.4, 0.5) is 0 Å². The van der Waals surface area contributed by atoms with E-state index in [0.29, 0.717) is 37.4 Å². The number of amides is 1. The van der Waals surface area contributed by atoms with Gasteiger partial charge in [0.1, 0.15) is 0 Å². The van der Waals surface area contributed by atoms with Crippen LogP contribution >= 0.6 is 0 Å². The second-order valence-corrected chi connectivity index (χ2v) is 8.64. The average molecular weight is 388 g/mol. The van der Waals surface area contributed by atoms with Crippen molar-refractivity contribution < 1.29 is 13.2 Å². The number of sulfonamides is 1. The molecule has 0 atom stereocenters. The van der Waals surface area contributed by atoms with Crippen molar-refractivity contribution in [2.24, 2.45) is 0 Å². The van der Waals surface area contributed by atoms with Gasteiger partial charge >= 0.3 is 0 Å². The second-order valence-electron chi connectivity index (χ2n) is 6.71. The van der Waals surface area contributed by atoms with E-state index in [1.165, 1.54) is 0 Å². The van der Waals surface area contributed by atoms with Crippen LogP contribution in [-0.4, -0.2) is 36.7 Å². The molecule has 7 heteroatoms. The number of rotatable bonds is 7. The first-order chi connectivity index (χ1) is 13.1. The molecule has 0 radical (unpaired) electrons. The van der Waals surface area contributed by atoms with Gasteiger partial charge in [0, 0.05) is 25.7 Å². The molecule has 0 saturated carbocycles. The van der Waals surface area contributed by atoms with Gasteiger partial charge in [0.05, 0.1) is 17.1 Å². The molecule has 1 aliphatic rings. The molecule has 0 unspecified atom stereocenters. The summed E-state index contributed by atoms with van der Waals surface area (Å²) in [5.41, 5.74) is 1.76. The topological polar surface area (TPSA) is 79.4 Å². The summed E-state index contributed by atoms with van der Waals surface area (Å²) in [5, 5.41) is 2.84. The fourth-order valence-electron chi connectivity index (χ4n) is 3.12. The van der Waals surface area contributed by atoms with Crippen molar-refractivity contribution >= 4 is 15.9 Å². The third-order valence-electron chi connectivity index (χ3n) is 4.71. The number of benzene rings is 1. The van der Waals surface area contributed by atoms with Crippen LogP contribution in [0.3, 0.4) is 0 Å². The van der Waals surface area contributed by atoms with Crippen LogP contribution in [0.2, 0.25) is 0 Å². The maximum absolute atomic E-state index is 12.6. The van der Waals surface area contributed by atoms with Crippen LogP contribution < -0.4 is 5.32 Å². The molecule has 1 aromatic heterocycles. The molecule has 1 fully saturated rings. The molecular formula is C20H25N3O3S. The number of pyridine rings is 1. The first kappa shape index (κ1) is 19.5. The number of nitrogens with zero attached hydrogens (tertiary/aromatic N) is 2. The Morgan fingerprint density at radius 2 is 1.78 bits per heavy atom. The Hall–Kier alpha value is -2.25. The van der Waals surface area contributed by atoms with Crippen molar-refractivity contribution in [3.8, 4) is 0 Å². The largest absolute Gasteiger partial charge is 0.350 e. The standard InChI is InChI=1S/C20H25N3O3S/c24-20(22-16-18-6-2-3-13-21-18)12-9-17-7-10-19(11-8-17)27(25,26)23-14-4-1-5-15-23/h2-3,6-8,10-11,13H,1,4-5,9,12,14-16H2,(H,22,24). The Balaban J connectivity index is 1.50.